The van der Waals surface area contributed by atoms with Crippen molar-refractivity contribution < 1.29 is 9.59 Å². The fourth-order valence-electron chi connectivity index (χ4n) is 3.20. The summed E-state index contributed by atoms with van der Waals surface area (Å²) in [5.41, 5.74) is 1.89. The SMILES string of the molecule is CCN1C(=O)C2(NC(=O)c3n[nH]c(C)c3N2)c2ccccc21. The summed E-state index contributed by atoms with van der Waals surface area (Å²) in [5, 5.41) is 12.8. The molecule has 1 aromatic heterocycles. The molecule has 2 aliphatic heterocycles. The van der Waals surface area contributed by atoms with Gasteiger partial charge in [0.25, 0.3) is 11.8 Å². The third-order valence-electron chi connectivity index (χ3n) is 4.26. The molecular formula is C15H15N5O2. The first-order valence-electron chi connectivity index (χ1n) is 7.15. The van der Waals surface area contributed by atoms with Crippen LogP contribution < -0.4 is 15.5 Å². The highest BCUT2D eigenvalue weighted by molar-refractivity contribution is 6.14. The fourth-order valence-corrected chi connectivity index (χ4v) is 3.20. The maximum Gasteiger partial charge on any atom is 0.278 e. The quantitative estimate of drug-likeness (QED) is 0.735. The number of anilines is 2. The molecule has 1 atom stereocenters. The van der Waals surface area contributed by atoms with E-state index >= 15 is 0 Å². The number of fused-ring (bicyclic) bond motifs is 3. The largest absolute Gasteiger partial charge is 0.348 e. The molecule has 0 fully saturated rings. The first-order chi connectivity index (χ1) is 10.6. The van der Waals surface area contributed by atoms with E-state index in [0.717, 1.165) is 16.9 Å². The highest BCUT2D eigenvalue weighted by Gasteiger charge is 2.55. The minimum Gasteiger partial charge on any atom is -0.348 e. The zero-order valence-electron chi connectivity index (χ0n) is 12.2. The van der Waals surface area contributed by atoms with Gasteiger partial charge in [-0.3, -0.25) is 14.7 Å². The summed E-state index contributed by atoms with van der Waals surface area (Å²) < 4.78 is 0. The van der Waals surface area contributed by atoms with Crippen LogP contribution in [0.15, 0.2) is 24.3 Å². The lowest BCUT2D eigenvalue weighted by molar-refractivity contribution is -0.123. The van der Waals surface area contributed by atoms with E-state index in [1.54, 1.807) is 4.90 Å². The molecule has 1 aromatic carbocycles. The van der Waals surface area contributed by atoms with Crippen LogP contribution in [-0.2, 0) is 10.5 Å². The Morgan fingerprint density at radius 3 is 2.77 bits per heavy atom. The molecule has 7 heteroatoms. The molecule has 0 bridgehead atoms. The van der Waals surface area contributed by atoms with E-state index in [2.05, 4.69) is 20.8 Å². The maximum absolute atomic E-state index is 13.0. The second-order valence-electron chi connectivity index (χ2n) is 5.47. The third kappa shape index (κ3) is 1.37. The predicted molar refractivity (Wildman–Crippen MR) is 80.6 cm³/mol. The van der Waals surface area contributed by atoms with Crippen LogP contribution in [0.1, 0.15) is 28.7 Å². The highest BCUT2D eigenvalue weighted by Crippen LogP contribution is 2.43. The fraction of sp³-hybridized carbons (Fsp3) is 0.267. The van der Waals surface area contributed by atoms with E-state index in [1.807, 2.05) is 38.1 Å². The molecule has 2 aliphatic rings. The number of aryl methyl sites for hydroxylation is 1. The number of nitrogens with zero attached hydrogens (tertiary/aromatic N) is 2. The zero-order chi connectivity index (χ0) is 15.5. The number of para-hydroxylation sites is 1. The Labute approximate surface area is 126 Å². The smallest absolute Gasteiger partial charge is 0.278 e. The monoisotopic (exact) mass is 297 g/mol. The molecule has 0 saturated carbocycles. The van der Waals surface area contributed by atoms with Gasteiger partial charge in [-0.05, 0) is 19.9 Å². The van der Waals surface area contributed by atoms with Gasteiger partial charge in [0.2, 0.25) is 5.66 Å². The molecule has 0 saturated heterocycles. The van der Waals surface area contributed by atoms with Gasteiger partial charge < -0.3 is 15.5 Å². The molecule has 2 aromatic rings. The molecule has 0 aliphatic carbocycles. The van der Waals surface area contributed by atoms with Crippen LogP contribution in [-0.4, -0.2) is 28.6 Å². The van der Waals surface area contributed by atoms with E-state index < -0.39 is 5.66 Å². The Kier molecular flexibility index (Phi) is 2.40. The number of aromatic nitrogens is 2. The van der Waals surface area contributed by atoms with Crippen molar-refractivity contribution in [2.45, 2.75) is 19.5 Å². The van der Waals surface area contributed by atoms with Crippen LogP contribution in [0.5, 0.6) is 0 Å². The number of hydrogen-bond donors (Lipinski definition) is 3. The molecular weight excluding hydrogens is 282 g/mol. The molecule has 7 nitrogen and oxygen atoms in total. The lowest BCUT2D eigenvalue weighted by atomic mass is 9.97. The van der Waals surface area contributed by atoms with Gasteiger partial charge in [0, 0.05) is 12.1 Å². The number of amides is 2. The van der Waals surface area contributed by atoms with Crippen LogP contribution in [0.4, 0.5) is 11.4 Å². The number of rotatable bonds is 1. The van der Waals surface area contributed by atoms with Crippen molar-refractivity contribution in [1.82, 2.24) is 15.5 Å². The normalized spacial score (nSPS) is 22.4. The Morgan fingerprint density at radius 1 is 1.23 bits per heavy atom. The summed E-state index contributed by atoms with van der Waals surface area (Å²) >= 11 is 0. The van der Waals surface area contributed by atoms with Crippen molar-refractivity contribution in [3.05, 3.63) is 41.2 Å². The first-order valence-corrected chi connectivity index (χ1v) is 7.15. The number of hydrogen-bond acceptors (Lipinski definition) is 4. The summed E-state index contributed by atoms with van der Waals surface area (Å²) in [7, 11) is 0. The van der Waals surface area contributed by atoms with Crippen molar-refractivity contribution in [1.29, 1.82) is 0 Å². The van der Waals surface area contributed by atoms with Gasteiger partial charge in [-0.15, -0.1) is 0 Å². The van der Waals surface area contributed by atoms with Crippen LogP contribution >= 0.6 is 0 Å². The summed E-state index contributed by atoms with van der Waals surface area (Å²) in [6, 6.07) is 7.49. The van der Waals surface area contributed by atoms with Gasteiger partial charge in [0.15, 0.2) is 5.69 Å². The summed E-state index contributed by atoms with van der Waals surface area (Å²) in [6.45, 7) is 4.26. The number of likely N-dealkylation sites (N-methyl/N-ethyl adjacent to an activating group) is 1. The number of aromatic amines is 1. The standard InChI is InChI=1S/C15H15N5O2/c1-3-20-10-7-5-4-6-9(10)15(14(20)22)16-11-8(2)18-19-12(11)13(21)17-15/h4-7,16H,3H2,1-2H3,(H,17,21)(H,18,19). The summed E-state index contributed by atoms with van der Waals surface area (Å²) in [6.07, 6.45) is 0. The van der Waals surface area contributed by atoms with E-state index in [9.17, 15) is 9.59 Å². The van der Waals surface area contributed by atoms with E-state index in [4.69, 9.17) is 0 Å². The molecule has 4 rings (SSSR count). The van der Waals surface area contributed by atoms with Crippen LogP contribution in [0, 0.1) is 6.92 Å². The topological polar surface area (TPSA) is 90.1 Å². The Bertz CT molecular complexity index is 812. The molecule has 0 radical (unpaired) electrons. The van der Waals surface area contributed by atoms with Crippen LogP contribution in [0.2, 0.25) is 0 Å². The third-order valence-corrected chi connectivity index (χ3v) is 4.26. The molecule has 2 amide bonds. The first kappa shape index (κ1) is 12.9. The van der Waals surface area contributed by atoms with E-state index in [0.29, 0.717) is 12.2 Å². The maximum atomic E-state index is 13.0. The van der Waals surface area contributed by atoms with Gasteiger partial charge in [-0.2, -0.15) is 5.10 Å². The van der Waals surface area contributed by atoms with Gasteiger partial charge in [-0.25, -0.2) is 0 Å². The van der Waals surface area contributed by atoms with Gasteiger partial charge in [0.05, 0.1) is 17.1 Å². The van der Waals surface area contributed by atoms with Crippen molar-refractivity contribution in [3.63, 3.8) is 0 Å². The number of H-pyrrole nitrogens is 1. The van der Waals surface area contributed by atoms with Gasteiger partial charge in [0.1, 0.15) is 0 Å². The van der Waals surface area contributed by atoms with E-state index in [-0.39, 0.29) is 17.5 Å². The summed E-state index contributed by atoms with van der Waals surface area (Å²) in [4.78, 5) is 27.1. The molecule has 22 heavy (non-hydrogen) atoms. The number of carbonyl (C=O) groups excluding carboxylic acids is 2. The van der Waals surface area contributed by atoms with Crippen molar-refractivity contribution in [2.24, 2.45) is 0 Å². The molecule has 112 valence electrons. The average molecular weight is 297 g/mol. The second kappa shape index (κ2) is 4.09. The minimum absolute atomic E-state index is 0.184. The lowest BCUT2D eigenvalue weighted by Crippen LogP contribution is -2.60. The molecule has 1 unspecified atom stereocenters. The minimum atomic E-state index is -1.26. The average Bonchev–Trinajstić information content (AvgIpc) is 2.99. The van der Waals surface area contributed by atoms with Gasteiger partial charge in [-0.1, -0.05) is 18.2 Å². The highest BCUT2D eigenvalue weighted by atomic mass is 16.2. The predicted octanol–water partition coefficient (Wildman–Crippen LogP) is 1.09. The van der Waals surface area contributed by atoms with Crippen LogP contribution in [0.25, 0.3) is 0 Å². The Morgan fingerprint density at radius 2 is 2.00 bits per heavy atom. The number of nitrogens with one attached hydrogen (secondary N) is 3. The lowest BCUT2D eigenvalue weighted by Gasteiger charge is -2.34. The van der Waals surface area contributed by atoms with Crippen molar-refractivity contribution >= 4 is 23.2 Å². The Balaban J connectivity index is 1.94. The van der Waals surface area contributed by atoms with Crippen molar-refractivity contribution in [3.8, 4) is 0 Å². The number of carbonyl (C=O) groups is 2. The van der Waals surface area contributed by atoms with Crippen molar-refractivity contribution in [2.75, 3.05) is 16.8 Å². The number of benzene rings is 1. The molecule has 1 spiro atoms. The molecule has 3 N–H and O–H groups in total. The van der Waals surface area contributed by atoms with E-state index in [1.165, 1.54) is 0 Å². The molecule has 3 heterocycles. The van der Waals surface area contributed by atoms with Crippen LogP contribution in [0.3, 0.4) is 0 Å². The zero-order valence-corrected chi connectivity index (χ0v) is 12.2. The second-order valence-corrected chi connectivity index (χ2v) is 5.47. The summed E-state index contributed by atoms with van der Waals surface area (Å²) in [5.74, 6) is -0.546. The van der Waals surface area contributed by atoms with Gasteiger partial charge >= 0.3 is 0 Å². The Hall–Kier alpha value is -2.83.